The predicted octanol–water partition coefficient (Wildman–Crippen LogP) is 1.64. The number of hydrogen-bond acceptors (Lipinski definition) is 7. The minimum absolute atomic E-state index is 0.198. The number of nitrogens with one attached hydrogen (secondary N) is 1. The molecule has 0 bridgehead atoms. The van der Waals surface area contributed by atoms with E-state index in [9.17, 15) is 4.79 Å². The maximum atomic E-state index is 11.8. The largest absolute Gasteiger partial charge is 0.351 e. The van der Waals surface area contributed by atoms with E-state index >= 15 is 0 Å². The van der Waals surface area contributed by atoms with E-state index < -0.39 is 0 Å². The number of aromatic nitrogens is 3. The van der Waals surface area contributed by atoms with Crippen LogP contribution in [0.4, 0.5) is 0 Å². The first-order valence-corrected chi connectivity index (χ1v) is 7.56. The van der Waals surface area contributed by atoms with Gasteiger partial charge in [-0.3, -0.25) is 4.79 Å². The van der Waals surface area contributed by atoms with Crippen LogP contribution < -0.4 is 5.32 Å². The Labute approximate surface area is 124 Å². The molecule has 2 rings (SSSR count). The molecule has 0 atom stereocenters. The van der Waals surface area contributed by atoms with Crippen LogP contribution in [0.5, 0.6) is 0 Å². The van der Waals surface area contributed by atoms with Crippen molar-refractivity contribution in [1.29, 1.82) is 5.26 Å². The van der Waals surface area contributed by atoms with E-state index in [1.807, 2.05) is 13.0 Å². The Morgan fingerprint density at radius 1 is 1.50 bits per heavy atom. The summed E-state index contributed by atoms with van der Waals surface area (Å²) < 4.78 is 0.900. The average molecular weight is 305 g/mol. The van der Waals surface area contributed by atoms with Crippen molar-refractivity contribution in [3.05, 3.63) is 34.6 Å². The van der Waals surface area contributed by atoms with Gasteiger partial charge in [0.25, 0.3) is 5.91 Å². The van der Waals surface area contributed by atoms with E-state index in [2.05, 4.69) is 20.5 Å². The molecule has 0 fully saturated rings. The first-order valence-electron chi connectivity index (χ1n) is 5.76. The number of carbonyl (C=O) groups is 1. The molecule has 0 radical (unpaired) electrons. The Morgan fingerprint density at radius 2 is 2.35 bits per heavy atom. The molecule has 0 saturated heterocycles. The van der Waals surface area contributed by atoms with Crippen molar-refractivity contribution in [3.63, 3.8) is 0 Å². The van der Waals surface area contributed by atoms with E-state index in [-0.39, 0.29) is 5.91 Å². The molecule has 1 N–H and O–H groups in total. The van der Waals surface area contributed by atoms with Crippen LogP contribution in [0.25, 0.3) is 0 Å². The van der Waals surface area contributed by atoms with Crippen molar-refractivity contribution < 1.29 is 4.79 Å². The van der Waals surface area contributed by atoms with Gasteiger partial charge < -0.3 is 5.32 Å². The monoisotopic (exact) mass is 305 g/mol. The highest BCUT2D eigenvalue weighted by atomic mass is 32.2. The van der Waals surface area contributed by atoms with Gasteiger partial charge in [-0.1, -0.05) is 23.1 Å². The van der Waals surface area contributed by atoms with E-state index in [4.69, 9.17) is 5.26 Å². The van der Waals surface area contributed by atoms with Gasteiger partial charge in [0.05, 0.1) is 5.56 Å². The lowest BCUT2D eigenvalue weighted by atomic mass is 10.2. The van der Waals surface area contributed by atoms with Gasteiger partial charge in [-0.05, 0) is 19.1 Å². The lowest BCUT2D eigenvalue weighted by Gasteiger charge is -2.03. The molecule has 2 aromatic heterocycles. The molecular formula is C12H11N5OS2. The highest BCUT2D eigenvalue weighted by Crippen LogP contribution is 2.20. The number of amides is 1. The van der Waals surface area contributed by atoms with Crippen LogP contribution in [0.15, 0.2) is 22.7 Å². The molecule has 0 unspecified atom stereocenters. The summed E-state index contributed by atoms with van der Waals surface area (Å²) in [6, 6.07) is 5.01. The molecule has 0 aliphatic rings. The summed E-state index contributed by atoms with van der Waals surface area (Å²) >= 11 is 3.09. The number of rotatable bonds is 5. The zero-order valence-electron chi connectivity index (χ0n) is 10.7. The van der Waals surface area contributed by atoms with Gasteiger partial charge in [0.15, 0.2) is 4.34 Å². The van der Waals surface area contributed by atoms with Gasteiger partial charge in [0, 0.05) is 18.5 Å². The van der Waals surface area contributed by atoms with Crippen molar-refractivity contribution in [1.82, 2.24) is 20.5 Å². The smallest absolute Gasteiger partial charge is 0.252 e. The predicted molar refractivity (Wildman–Crippen MR) is 76.7 cm³/mol. The molecule has 102 valence electrons. The Hall–Kier alpha value is -1.98. The quantitative estimate of drug-likeness (QED) is 0.667. The van der Waals surface area contributed by atoms with Crippen molar-refractivity contribution in [2.45, 2.75) is 11.3 Å². The highest BCUT2D eigenvalue weighted by molar-refractivity contribution is 8.01. The van der Waals surface area contributed by atoms with Crippen LogP contribution in [0.1, 0.15) is 21.1 Å². The second-order valence-electron chi connectivity index (χ2n) is 3.74. The third-order valence-corrected chi connectivity index (χ3v) is 4.23. The summed E-state index contributed by atoms with van der Waals surface area (Å²) in [6.45, 7) is 2.43. The second-order valence-corrected chi connectivity index (χ2v) is 6.26. The number of thioether (sulfide) groups is 1. The molecule has 0 aliphatic heterocycles. The molecule has 2 aromatic rings. The molecule has 2 heterocycles. The summed E-state index contributed by atoms with van der Waals surface area (Å²) in [5.41, 5.74) is 0.740. The standard InChI is InChI=1S/C12H11N5OS2/c1-8-16-17-12(20-8)19-5-4-14-11(18)9-2-3-10(6-13)15-7-9/h2-3,7H,4-5H2,1H3,(H,14,18). The molecule has 0 aromatic carbocycles. The summed E-state index contributed by atoms with van der Waals surface area (Å²) in [5, 5.41) is 20.3. The molecule has 6 nitrogen and oxygen atoms in total. The van der Waals surface area contributed by atoms with Crippen LogP contribution in [-0.4, -0.2) is 33.4 Å². The molecular weight excluding hydrogens is 294 g/mol. The van der Waals surface area contributed by atoms with Crippen LogP contribution in [0, 0.1) is 18.3 Å². The number of nitrogens with zero attached hydrogens (tertiary/aromatic N) is 4. The van der Waals surface area contributed by atoms with Crippen molar-refractivity contribution in [3.8, 4) is 6.07 Å². The van der Waals surface area contributed by atoms with E-state index in [0.29, 0.717) is 17.8 Å². The Morgan fingerprint density at radius 3 is 2.95 bits per heavy atom. The Kier molecular flexibility index (Phi) is 5.03. The first-order chi connectivity index (χ1) is 9.69. The van der Waals surface area contributed by atoms with Crippen molar-refractivity contribution >= 4 is 29.0 Å². The normalized spacial score (nSPS) is 10.0. The van der Waals surface area contributed by atoms with Crippen LogP contribution >= 0.6 is 23.1 Å². The fraction of sp³-hybridized carbons (Fsp3) is 0.250. The summed E-state index contributed by atoms with van der Waals surface area (Å²) in [5.74, 6) is 0.528. The van der Waals surface area contributed by atoms with E-state index in [0.717, 1.165) is 15.1 Å². The minimum Gasteiger partial charge on any atom is -0.351 e. The van der Waals surface area contributed by atoms with Gasteiger partial charge in [0.1, 0.15) is 16.8 Å². The molecule has 1 amide bonds. The summed E-state index contributed by atoms with van der Waals surface area (Å²) in [7, 11) is 0. The van der Waals surface area contributed by atoms with Crippen molar-refractivity contribution in [2.24, 2.45) is 0 Å². The van der Waals surface area contributed by atoms with Gasteiger partial charge in [-0.2, -0.15) is 5.26 Å². The van der Waals surface area contributed by atoms with E-state index in [1.165, 1.54) is 23.6 Å². The minimum atomic E-state index is -0.198. The number of aryl methyl sites for hydroxylation is 1. The van der Waals surface area contributed by atoms with Gasteiger partial charge in [-0.15, -0.1) is 10.2 Å². The summed E-state index contributed by atoms with van der Waals surface area (Å²) in [4.78, 5) is 15.6. The summed E-state index contributed by atoms with van der Waals surface area (Å²) in [6.07, 6.45) is 1.40. The lowest BCUT2D eigenvalue weighted by Crippen LogP contribution is -2.25. The topological polar surface area (TPSA) is 91.6 Å². The van der Waals surface area contributed by atoms with Crippen LogP contribution in [0.3, 0.4) is 0 Å². The fourth-order valence-corrected chi connectivity index (χ4v) is 3.08. The van der Waals surface area contributed by atoms with Gasteiger partial charge in [-0.25, -0.2) is 4.98 Å². The zero-order valence-corrected chi connectivity index (χ0v) is 12.3. The maximum absolute atomic E-state index is 11.8. The number of hydrogen-bond donors (Lipinski definition) is 1. The second kappa shape index (κ2) is 6.98. The molecule has 20 heavy (non-hydrogen) atoms. The van der Waals surface area contributed by atoms with E-state index in [1.54, 1.807) is 17.8 Å². The molecule has 8 heteroatoms. The third kappa shape index (κ3) is 4.01. The number of pyridine rings is 1. The van der Waals surface area contributed by atoms with Crippen molar-refractivity contribution in [2.75, 3.05) is 12.3 Å². The molecule has 0 aliphatic carbocycles. The van der Waals surface area contributed by atoms with Gasteiger partial charge in [0.2, 0.25) is 0 Å². The van der Waals surface area contributed by atoms with Crippen LogP contribution in [-0.2, 0) is 0 Å². The fourth-order valence-electron chi connectivity index (χ4n) is 1.34. The third-order valence-electron chi connectivity index (χ3n) is 2.26. The zero-order chi connectivity index (χ0) is 14.4. The Balaban J connectivity index is 1.76. The lowest BCUT2D eigenvalue weighted by molar-refractivity contribution is 0.0956. The SMILES string of the molecule is Cc1nnc(SCCNC(=O)c2ccc(C#N)nc2)s1. The number of carbonyl (C=O) groups excluding carboxylic acids is 1. The molecule has 0 saturated carbocycles. The Bertz CT molecular complexity index is 632. The average Bonchev–Trinajstić information content (AvgIpc) is 2.89. The van der Waals surface area contributed by atoms with Gasteiger partial charge >= 0.3 is 0 Å². The molecule has 0 spiro atoms. The highest BCUT2D eigenvalue weighted by Gasteiger charge is 2.06. The first kappa shape index (κ1) is 14.4. The van der Waals surface area contributed by atoms with Crippen LogP contribution in [0.2, 0.25) is 0 Å². The maximum Gasteiger partial charge on any atom is 0.252 e. The number of nitriles is 1.